The molecule has 3 aromatic rings. The molecule has 0 aliphatic heterocycles. The number of aromatic nitrogens is 2. The van der Waals surface area contributed by atoms with Gasteiger partial charge in [0.15, 0.2) is 5.69 Å². The van der Waals surface area contributed by atoms with E-state index in [1.54, 1.807) is 6.07 Å². The summed E-state index contributed by atoms with van der Waals surface area (Å²) in [4.78, 5) is 24.2. The van der Waals surface area contributed by atoms with Gasteiger partial charge in [-0.2, -0.15) is 31.4 Å². The molecule has 0 atom stereocenters. The van der Waals surface area contributed by atoms with Gasteiger partial charge in [0.2, 0.25) is 0 Å². The van der Waals surface area contributed by atoms with Crippen molar-refractivity contribution in [3.05, 3.63) is 79.7 Å². The van der Waals surface area contributed by atoms with Gasteiger partial charge in [-0.05, 0) is 58.8 Å². The third kappa shape index (κ3) is 5.51. The molecule has 13 heteroatoms. The van der Waals surface area contributed by atoms with Crippen molar-refractivity contribution in [2.45, 2.75) is 25.8 Å². The Morgan fingerprint density at radius 2 is 1.74 bits per heavy atom. The van der Waals surface area contributed by atoms with E-state index in [-0.39, 0.29) is 33.1 Å². The molecule has 0 aliphatic rings. The van der Waals surface area contributed by atoms with Gasteiger partial charge in [0.25, 0.3) is 5.91 Å². The Bertz CT molecular complexity index is 1270. The van der Waals surface area contributed by atoms with Crippen LogP contribution in [0.25, 0.3) is 0 Å². The number of aromatic carboxylic acids is 1. The molecule has 0 radical (unpaired) electrons. The Hall–Kier alpha value is -3.10. The number of amides is 1. The Labute approximate surface area is 201 Å². The van der Waals surface area contributed by atoms with Crippen molar-refractivity contribution in [2.24, 2.45) is 0 Å². The average Bonchev–Trinajstić information content (AvgIpc) is 3.14. The van der Waals surface area contributed by atoms with Crippen LogP contribution in [-0.2, 0) is 18.9 Å². The number of nitrogens with zero attached hydrogens (tertiary/aromatic N) is 2. The van der Waals surface area contributed by atoms with Crippen LogP contribution in [0.4, 0.5) is 32.0 Å². The Kier molecular flexibility index (Phi) is 6.96. The Morgan fingerprint density at radius 3 is 2.29 bits per heavy atom. The first-order valence-electron chi connectivity index (χ1n) is 9.33. The molecule has 6 nitrogen and oxygen atoms in total. The smallest absolute Gasteiger partial charge is 0.435 e. The fraction of sp³-hybridized carbons (Fsp3) is 0.190. The summed E-state index contributed by atoms with van der Waals surface area (Å²) in [6.07, 6.45) is -10.1. The lowest BCUT2D eigenvalue weighted by atomic mass is 10.1. The lowest BCUT2D eigenvalue weighted by Crippen LogP contribution is -2.19. The summed E-state index contributed by atoms with van der Waals surface area (Å²) in [5, 5.41) is 14.9. The molecule has 0 saturated heterocycles. The van der Waals surface area contributed by atoms with Crippen molar-refractivity contribution >= 4 is 40.2 Å². The summed E-state index contributed by atoms with van der Waals surface area (Å²) >= 11 is 1.81. The van der Waals surface area contributed by atoms with E-state index in [1.165, 1.54) is 37.3 Å². The van der Waals surface area contributed by atoms with Crippen LogP contribution in [0.5, 0.6) is 0 Å². The first kappa shape index (κ1) is 25.5. The van der Waals surface area contributed by atoms with Crippen molar-refractivity contribution in [1.82, 2.24) is 9.78 Å². The zero-order valence-electron chi connectivity index (χ0n) is 17.1. The number of carboxylic acid groups (broad SMARTS) is 1. The lowest BCUT2D eigenvalue weighted by Gasteiger charge is -2.14. The monoisotopic (exact) mass is 597 g/mol. The quantitative estimate of drug-likeness (QED) is 0.287. The van der Waals surface area contributed by atoms with Crippen LogP contribution in [0.3, 0.4) is 0 Å². The van der Waals surface area contributed by atoms with Gasteiger partial charge in [-0.3, -0.25) is 9.48 Å². The second-order valence-corrected chi connectivity index (χ2v) is 8.30. The average molecular weight is 597 g/mol. The van der Waals surface area contributed by atoms with Crippen LogP contribution in [-0.4, -0.2) is 26.8 Å². The number of rotatable bonds is 5. The number of anilines is 1. The number of carboxylic acids is 1. The van der Waals surface area contributed by atoms with Gasteiger partial charge in [-0.1, -0.05) is 18.2 Å². The van der Waals surface area contributed by atoms with Gasteiger partial charge in [-0.25, -0.2) is 4.79 Å². The van der Waals surface area contributed by atoms with Crippen LogP contribution in [0.15, 0.2) is 42.5 Å². The maximum Gasteiger partial charge on any atom is 0.435 e. The molecular formula is C21H14F6IN3O3. The molecule has 1 aromatic heterocycles. The number of alkyl halides is 6. The van der Waals surface area contributed by atoms with Crippen LogP contribution in [0.2, 0.25) is 0 Å². The van der Waals surface area contributed by atoms with E-state index in [2.05, 4.69) is 10.4 Å². The van der Waals surface area contributed by atoms with Gasteiger partial charge in [0.1, 0.15) is 5.69 Å². The van der Waals surface area contributed by atoms with Crippen LogP contribution < -0.4 is 5.32 Å². The number of aryl methyl sites for hydroxylation is 1. The van der Waals surface area contributed by atoms with Crippen molar-refractivity contribution in [3.63, 3.8) is 0 Å². The second-order valence-electron chi connectivity index (χ2n) is 7.14. The van der Waals surface area contributed by atoms with Crippen molar-refractivity contribution in [3.8, 4) is 0 Å². The predicted molar refractivity (Wildman–Crippen MR) is 117 cm³/mol. The number of hydrogen-bond acceptors (Lipinski definition) is 3. The van der Waals surface area contributed by atoms with Crippen LogP contribution in [0, 0.1) is 10.5 Å². The van der Waals surface area contributed by atoms with Gasteiger partial charge < -0.3 is 10.4 Å². The maximum absolute atomic E-state index is 13.2. The fourth-order valence-electron chi connectivity index (χ4n) is 3.16. The van der Waals surface area contributed by atoms with Gasteiger partial charge in [0.05, 0.1) is 17.7 Å². The van der Waals surface area contributed by atoms with E-state index in [9.17, 15) is 41.0 Å². The number of carbonyl (C=O) groups is 2. The molecule has 34 heavy (non-hydrogen) atoms. The van der Waals surface area contributed by atoms with Gasteiger partial charge in [-0.15, -0.1) is 0 Å². The summed E-state index contributed by atoms with van der Waals surface area (Å²) in [5.41, 5.74) is -2.63. The predicted octanol–water partition coefficient (Wildman–Crippen LogP) is 5.83. The van der Waals surface area contributed by atoms with Gasteiger partial charge in [0, 0.05) is 15.3 Å². The minimum atomic E-state index is -5.05. The van der Waals surface area contributed by atoms with Crippen molar-refractivity contribution in [2.75, 3.05) is 5.32 Å². The number of benzene rings is 2. The first-order chi connectivity index (χ1) is 15.7. The summed E-state index contributed by atoms with van der Waals surface area (Å²) < 4.78 is 78.8. The first-order valence-corrected chi connectivity index (χ1v) is 10.4. The third-order valence-electron chi connectivity index (χ3n) is 4.70. The molecule has 2 aromatic carbocycles. The maximum atomic E-state index is 13.2. The molecule has 0 saturated carbocycles. The molecule has 0 bridgehead atoms. The standard InChI is InChI=1S/C21H14F6IN3O3/c1-10-7-11(9-31-16(21(25,26)27)8-15(30-31)20(22,23)24)5-6-14(10)29-18(32)17-12(19(33)34)3-2-4-13(17)28/h2-8H,9H2,1H3,(H,29,32)(H,33,34). The summed E-state index contributed by atoms with van der Waals surface area (Å²) in [6, 6.07) is 8.33. The fourth-order valence-corrected chi connectivity index (χ4v) is 3.90. The molecule has 0 spiro atoms. The molecule has 0 aliphatic carbocycles. The van der Waals surface area contributed by atoms with E-state index in [0.29, 0.717) is 9.13 Å². The van der Waals surface area contributed by atoms with E-state index in [1.807, 2.05) is 22.6 Å². The number of halogens is 7. The molecule has 2 N–H and O–H groups in total. The minimum absolute atomic E-state index is 0.0526. The SMILES string of the molecule is Cc1cc(Cn2nc(C(F)(F)F)cc2C(F)(F)F)ccc1NC(=O)c1c(I)cccc1C(=O)O. The molecule has 0 fully saturated rings. The molecule has 1 amide bonds. The number of carbonyl (C=O) groups excluding carboxylic acids is 1. The minimum Gasteiger partial charge on any atom is -0.478 e. The second kappa shape index (κ2) is 9.27. The number of hydrogen-bond donors (Lipinski definition) is 2. The summed E-state index contributed by atoms with van der Waals surface area (Å²) in [7, 11) is 0. The van der Waals surface area contributed by atoms with E-state index >= 15 is 0 Å². The topological polar surface area (TPSA) is 84.2 Å². The zero-order valence-corrected chi connectivity index (χ0v) is 19.2. The lowest BCUT2D eigenvalue weighted by molar-refractivity contribution is -0.144. The highest BCUT2D eigenvalue weighted by atomic mass is 127. The Morgan fingerprint density at radius 1 is 1.06 bits per heavy atom. The summed E-state index contributed by atoms with van der Waals surface area (Å²) in [6.45, 7) is 0.932. The highest BCUT2D eigenvalue weighted by Gasteiger charge is 2.41. The normalized spacial score (nSPS) is 12.0. The Balaban J connectivity index is 1.88. The molecule has 180 valence electrons. The van der Waals surface area contributed by atoms with Gasteiger partial charge >= 0.3 is 18.3 Å². The van der Waals surface area contributed by atoms with Crippen molar-refractivity contribution < 1.29 is 41.0 Å². The van der Waals surface area contributed by atoms with E-state index < -0.39 is 42.2 Å². The highest BCUT2D eigenvalue weighted by molar-refractivity contribution is 14.1. The van der Waals surface area contributed by atoms with E-state index in [0.717, 1.165) is 0 Å². The van der Waals surface area contributed by atoms with E-state index in [4.69, 9.17) is 0 Å². The largest absolute Gasteiger partial charge is 0.478 e. The zero-order chi connectivity index (χ0) is 25.4. The van der Waals surface area contributed by atoms with Crippen LogP contribution >= 0.6 is 22.6 Å². The molecular weight excluding hydrogens is 583 g/mol. The highest BCUT2D eigenvalue weighted by Crippen LogP contribution is 2.35. The third-order valence-corrected chi connectivity index (χ3v) is 5.60. The number of nitrogens with one attached hydrogen (secondary N) is 1. The molecule has 0 unspecified atom stereocenters. The molecule has 1 heterocycles. The van der Waals surface area contributed by atoms with Crippen molar-refractivity contribution in [1.29, 1.82) is 0 Å². The molecule has 3 rings (SSSR count). The summed E-state index contributed by atoms with van der Waals surface area (Å²) in [5.74, 6) is -2.01. The van der Waals surface area contributed by atoms with Crippen LogP contribution in [0.1, 0.15) is 43.2 Å².